The van der Waals surface area contributed by atoms with E-state index in [1.54, 1.807) is 17.5 Å². The van der Waals surface area contributed by atoms with Gasteiger partial charge in [0.2, 0.25) is 0 Å². The summed E-state index contributed by atoms with van der Waals surface area (Å²) >= 11 is 1.68. The van der Waals surface area contributed by atoms with Crippen molar-refractivity contribution < 1.29 is 0 Å². The van der Waals surface area contributed by atoms with Gasteiger partial charge in [-0.15, -0.1) is 11.3 Å². The van der Waals surface area contributed by atoms with Crippen LogP contribution in [0.3, 0.4) is 0 Å². The molecule has 82 valence electrons. The molecule has 0 radical (unpaired) electrons. The summed E-state index contributed by atoms with van der Waals surface area (Å²) in [5, 5.41) is 3.08. The molecule has 0 saturated heterocycles. The molecule has 1 aromatic heterocycles. The highest BCUT2D eigenvalue weighted by atomic mass is 32.1. The molecule has 2 nitrogen and oxygen atoms in total. The van der Waals surface area contributed by atoms with Gasteiger partial charge in [-0.25, -0.2) is 4.98 Å². The Morgan fingerprint density at radius 3 is 2.69 bits per heavy atom. The largest absolute Gasteiger partial charge is 0.387 e. The molecule has 0 amide bonds. The van der Waals surface area contributed by atoms with Crippen LogP contribution >= 0.6 is 11.3 Å². The lowest BCUT2D eigenvalue weighted by atomic mass is 10.1. The van der Waals surface area contributed by atoms with Gasteiger partial charge in [0.05, 0.1) is 16.1 Å². The van der Waals surface area contributed by atoms with Gasteiger partial charge in [0.15, 0.2) is 0 Å². The highest BCUT2D eigenvalue weighted by molar-refractivity contribution is 7.13. The third kappa shape index (κ3) is 2.31. The Labute approximate surface area is 99.7 Å². The third-order valence-electron chi connectivity index (χ3n) is 2.41. The molecule has 0 saturated carbocycles. The summed E-state index contributed by atoms with van der Waals surface area (Å²) in [6, 6.07) is 8.54. The summed E-state index contributed by atoms with van der Waals surface area (Å²) in [5.74, 6) is 0. The zero-order chi connectivity index (χ0) is 11.4. The second-order valence-electron chi connectivity index (χ2n) is 3.55. The molecule has 0 atom stereocenters. The number of rotatable bonds is 4. The maximum absolute atomic E-state index is 4.26. The highest BCUT2D eigenvalue weighted by Gasteiger charge is 2.03. The van der Waals surface area contributed by atoms with E-state index in [2.05, 4.69) is 41.1 Å². The van der Waals surface area contributed by atoms with Crippen LogP contribution in [0, 0.1) is 6.92 Å². The minimum absolute atomic E-state index is 0.825. The van der Waals surface area contributed by atoms with Crippen LogP contribution in [0.2, 0.25) is 0 Å². The van der Waals surface area contributed by atoms with Gasteiger partial charge >= 0.3 is 0 Å². The number of thiazole rings is 1. The normalized spacial score (nSPS) is 10.1. The van der Waals surface area contributed by atoms with Gasteiger partial charge in [-0.1, -0.05) is 30.8 Å². The van der Waals surface area contributed by atoms with Crippen molar-refractivity contribution in [3.05, 3.63) is 53.8 Å². The third-order valence-corrected chi connectivity index (χ3v) is 3.39. The standard InChI is InChI=1S/C13H14N2S/c1-3-14-8-11-4-6-12(7-5-11)13-10(2)15-9-16-13/h3-7,9,14H,1,8H2,2H3. The Morgan fingerprint density at radius 2 is 2.12 bits per heavy atom. The van der Waals surface area contributed by atoms with Crippen LogP contribution in [0.1, 0.15) is 11.3 Å². The SMILES string of the molecule is C=CNCc1ccc(-c2scnc2C)cc1. The minimum Gasteiger partial charge on any atom is -0.387 e. The molecule has 0 bridgehead atoms. The molecule has 1 heterocycles. The Bertz CT molecular complexity index is 471. The average Bonchev–Trinajstić information content (AvgIpc) is 2.74. The van der Waals surface area contributed by atoms with Crippen LogP contribution in [0.5, 0.6) is 0 Å². The van der Waals surface area contributed by atoms with Crippen molar-refractivity contribution in [3.8, 4) is 10.4 Å². The van der Waals surface area contributed by atoms with E-state index in [1.807, 2.05) is 12.4 Å². The maximum atomic E-state index is 4.26. The van der Waals surface area contributed by atoms with Gasteiger partial charge in [-0.3, -0.25) is 0 Å². The van der Waals surface area contributed by atoms with Crippen LogP contribution in [-0.4, -0.2) is 4.98 Å². The summed E-state index contributed by atoms with van der Waals surface area (Å²) in [5.41, 5.74) is 5.48. The zero-order valence-corrected chi connectivity index (χ0v) is 10.1. The van der Waals surface area contributed by atoms with E-state index in [0.717, 1.165) is 12.2 Å². The van der Waals surface area contributed by atoms with Gasteiger partial charge < -0.3 is 5.32 Å². The monoisotopic (exact) mass is 230 g/mol. The van der Waals surface area contributed by atoms with Crippen LogP contribution < -0.4 is 5.32 Å². The summed E-state index contributed by atoms with van der Waals surface area (Å²) in [6.45, 7) is 6.49. The first-order chi connectivity index (χ1) is 7.81. The van der Waals surface area contributed by atoms with E-state index in [4.69, 9.17) is 0 Å². The van der Waals surface area contributed by atoms with Gasteiger partial charge in [0.1, 0.15) is 0 Å². The van der Waals surface area contributed by atoms with E-state index in [9.17, 15) is 0 Å². The van der Waals surface area contributed by atoms with E-state index >= 15 is 0 Å². The number of benzene rings is 1. The first-order valence-corrected chi connectivity index (χ1v) is 6.03. The van der Waals surface area contributed by atoms with Gasteiger partial charge in [0, 0.05) is 6.54 Å². The Hall–Kier alpha value is -1.61. The smallest absolute Gasteiger partial charge is 0.0801 e. The van der Waals surface area contributed by atoms with Crippen molar-refractivity contribution >= 4 is 11.3 Å². The molecular formula is C13H14N2S. The van der Waals surface area contributed by atoms with Crippen LogP contribution in [0.15, 0.2) is 42.6 Å². The molecule has 0 unspecified atom stereocenters. The lowest BCUT2D eigenvalue weighted by Gasteiger charge is -2.03. The summed E-state index contributed by atoms with van der Waals surface area (Å²) in [4.78, 5) is 5.51. The predicted octanol–water partition coefficient (Wildman–Crippen LogP) is 3.35. The number of nitrogens with one attached hydrogen (secondary N) is 1. The molecule has 1 aromatic carbocycles. The quantitative estimate of drug-likeness (QED) is 0.871. The molecule has 0 aliphatic heterocycles. The van der Waals surface area contributed by atoms with Crippen LogP contribution in [-0.2, 0) is 6.54 Å². The second kappa shape index (κ2) is 4.94. The topological polar surface area (TPSA) is 24.9 Å². The van der Waals surface area contributed by atoms with Crippen molar-refractivity contribution in [2.75, 3.05) is 0 Å². The molecule has 0 spiro atoms. The van der Waals surface area contributed by atoms with Crippen molar-refractivity contribution in [2.24, 2.45) is 0 Å². The van der Waals surface area contributed by atoms with Gasteiger partial charge in [-0.05, 0) is 24.3 Å². The molecule has 1 N–H and O–H groups in total. The fraction of sp³-hybridized carbons (Fsp3) is 0.154. The fourth-order valence-corrected chi connectivity index (χ4v) is 2.35. The Kier molecular flexibility index (Phi) is 3.37. The van der Waals surface area contributed by atoms with Crippen molar-refractivity contribution in [1.29, 1.82) is 0 Å². The molecule has 2 aromatic rings. The number of hydrogen-bond donors (Lipinski definition) is 1. The van der Waals surface area contributed by atoms with Crippen molar-refractivity contribution in [1.82, 2.24) is 10.3 Å². The molecule has 16 heavy (non-hydrogen) atoms. The number of aromatic nitrogens is 1. The van der Waals surface area contributed by atoms with Crippen molar-refractivity contribution in [2.45, 2.75) is 13.5 Å². The highest BCUT2D eigenvalue weighted by Crippen LogP contribution is 2.27. The average molecular weight is 230 g/mol. The zero-order valence-electron chi connectivity index (χ0n) is 9.23. The Balaban J connectivity index is 2.19. The fourth-order valence-electron chi connectivity index (χ4n) is 1.54. The molecule has 0 fully saturated rings. The molecule has 0 aliphatic carbocycles. The molecule has 0 aliphatic rings. The lowest BCUT2D eigenvalue weighted by Crippen LogP contribution is -2.02. The maximum Gasteiger partial charge on any atom is 0.0801 e. The van der Waals surface area contributed by atoms with Crippen molar-refractivity contribution in [3.63, 3.8) is 0 Å². The lowest BCUT2D eigenvalue weighted by molar-refractivity contribution is 0.873. The predicted molar refractivity (Wildman–Crippen MR) is 69.3 cm³/mol. The van der Waals surface area contributed by atoms with E-state index in [-0.39, 0.29) is 0 Å². The van der Waals surface area contributed by atoms with E-state index < -0.39 is 0 Å². The van der Waals surface area contributed by atoms with Crippen LogP contribution in [0.25, 0.3) is 10.4 Å². The first-order valence-electron chi connectivity index (χ1n) is 5.15. The van der Waals surface area contributed by atoms with Gasteiger partial charge in [0.25, 0.3) is 0 Å². The number of hydrogen-bond acceptors (Lipinski definition) is 3. The molecule has 3 heteroatoms. The summed E-state index contributed by atoms with van der Waals surface area (Å²) in [6.07, 6.45) is 1.71. The second-order valence-corrected chi connectivity index (χ2v) is 4.40. The Morgan fingerprint density at radius 1 is 1.38 bits per heavy atom. The van der Waals surface area contributed by atoms with E-state index in [0.29, 0.717) is 0 Å². The van der Waals surface area contributed by atoms with Gasteiger partial charge in [-0.2, -0.15) is 0 Å². The molecule has 2 rings (SSSR count). The van der Waals surface area contributed by atoms with Crippen LogP contribution in [0.4, 0.5) is 0 Å². The summed E-state index contributed by atoms with van der Waals surface area (Å²) in [7, 11) is 0. The number of aryl methyl sites for hydroxylation is 1. The van der Waals surface area contributed by atoms with E-state index in [1.165, 1.54) is 16.0 Å². The minimum atomic E-state index is 0.825. The number of nitrogens with zero attached hydrogens (tertiary/aromatic N) is 1. The molecular weight excluding hydrogens is 216 g/mol. The summed E-state index contributed by atoms with van der Waals surface area (Å²) < 4.78 is 0. The first kappa shape index (κ1) is 10.9.